The minimum absolute atomic E-state index is 0.00796. The summed E-state index contributed by atoms with van der Waals surface area (Å²) in [6.45, 7) is 4.71. The number of sulfonamides is 1. The van der Waals surface area contributed by atoms with E-state index in [1.807, 2.05) is 6.92 Å². The van der Waals surface area contributed by atoms with Crippen molar-refractivity contribution in [1.82, 2.24) is 9.78 Å². The van der Waals surface area contributed by atoms with Crippen LogP contribution in [0.3, 0.4) is 0 Å². The predicted octanol–water partition coefficient (Wildman–Crippen LogP) is 1.68. The van der Waals surface area contributed by atoms with Gasteiger partial charge in [-0.05, 0) is 32.0 Å². The number of aryl methyl sites for hydroxylation is 1. The first-order chi connectivity index (χ1) is 9.96. The van der Waals surface area contributed by atoms with Gasteiger partial charge >= 0.3 is 0 Å². The lowest BCUT2D eigenvalue weighted by Crippen LogP contribution is -2.14. The van der Waals surface area contributed by atoms with Crippen LogP contribution in [-0.4, -0.2) is 24.8 Å². The fourth-order valence-electron chi connectivity index (χ4n) is 1.81. The fourth-order valence-corrected chi connectivity index (χ4v) is 3.02. The Kier molecular flexibility index (Phi) is 4.37. The van der Waals surface area contributed by atoms with Crippen LogP contribution in [0.5, 0.6) is 5.75 Å². The fraction of sp³-hybridized carbons (Fsp3) is 0.308. The lowest BCUT2D eigenvalue weighted by atomic mass is 10.3. The van der Waals surface area contributed by atoms with Crippen LogP contribution in [0.1, 0.15) is 13.8 Å². The maximum atomic E-state index is 12.5. The third kappa shape index (κ3) is 3.46. The summed E-state index contributed by atoms with van der Waals surface area (Å²) < 4.78 is 34.4. The molecule has 0 atom stereocenters. The first-order valence-electron chi connectivity index (χ1n) is 6.54. The molecule has 7 nitrogen and oxygen atoms in total. The van der Waals surface area contributed by atoms with Crippen LogP contribution >= 0.6 is 0 Å². The van der Waals surface area contributed by atoms with Gasteiger partial charge in [0.05, 0.1) is 18.5 Å². The molecule has 8 heteroatoms. The van der Waals surface area contributed by atoms with E-state index in [2.05, 4.69) is 9.82 Å². The second-order valence-electron chi connectivity index (χ2n) is 4.33. The van der Waals surface area contributed by atoms with E-state index >= 15 is 0 Å². The van der Waals surface area contributed by atoms with Gasteiger partial charge in [0.2, 0.25) is 0 Å². The lowest BCUT2D eigenvalue weighted by molar-refractivity contribution is 0.331. The van der Waals surface area contributed by atoms with E-state index in [0.29, 0.717) is 24.5 Å². The van der Waals surface area contributed by atoms with Crippen LogP contribution in [0.4, 0.5) is 11.4 Å². The average molecular weight is 310 g/mol. The summed E-state index contributed by atoms with van der Waals surface area (Å²) >= 11 is 0. The number of rotatable bonds is 6. The lowest BCUT2D eigenvalue weighted by Gasteiger charge is -2.12. The molecule has 0 spiro atoms. The van der Waals surface area contributed by atoms with Crippen LogP contribution in [0.15, 0.2) is 35.5 Å². The molecule has 21 heavy (non-hydrogen) atoms. The Morgan fingerprint density at radius 3 is 2.76 bits per heavy atom. The van der Waals surface area contributed by atoms with Gasteiger partial charge in [-0.3, -0.25) is 9.40 Å². The van der Waals surface area contributed by atoms with Gasteiger partial charge < -0.3 is 10.5 Å². The van der Waals surface area contributed by atoms with Gasteiger partial charge in [-0.25, -0.2) is 8.42 Å². The normalized spacial score (nSPS) is 11.3. The molecule has 1 aromatic heterocycles. The highest BCUT2D eigenvalue weighted by molar-refractivity contribution is 7.92. The minimum atomic E-state index is -3.79. The average Bonchev–Trinajstić information content (AvgIpc) is 2.88. The van der Waals surface area contributed by atoms with Crippen molar-refractivity contribution in [1.29, 1.82) is 0 Å². The van der Waals surface area contributed by atoms with Crippen LogP contribution in [0.25, 0.3) is 0 Å². The van der Waals surface area contributed by atoms with E-state index < -0.39 is 10.0 Å². The Morgan fingerprint density at radius 2 is 2.14 bits per heavy atom. The molecule has 0 aliphatic carbocycles. The molecule has 2 aromatic rings. The molecular formula is C13H18N4O3S. The maximum absolute atomic E-state index is 12.5. The second kappa shape index (κ2) is 6.04. The molecule has 1 aromatic carbocycles. The van der Waals surface area contributed by atoms with Crippen LogP contribution in [0.2, 0.25) is 0 Å². The zero-order valence-corrected chi connectivity index (χ0v) is 12.7. The Balaban J connectivity index is 2.36. The van der Waals surface area contributed by atoms with Crippen molar-refractivity contribution in [3.05, 3.63) is 30.6 Å². The zero-order valence-electron chi connectivity index (χ0n) is 11.9. The van der Waals surface area contributed by atoms with E-state index in [-0.39, 0.29) is 10.6 Å². The largest absolute Gasteiger partial charge is 0.492 e. The number of hydrogen-bond donors (Lipinski definition) is 2. The Morgan fingerprint density at radius 1 is 1.38 bits per heavy atom. The molecule has 2 rings (SSSR count). The third-order valence-corrected chi connectivity index (χ3v) is 4.17. The van der Waals surface area contributed by atoms with E-state index in [9.17, 15) is 8.42 Å². The molecule has 0 fully saturated rings. The van der Waals surface area contributed by atoms with E-state index in [1.165, 1.54) is 12.3 Å². The highest BCUT2D eigenvalue weighted by Gasteiger charge is 2.21. The molecule has 0 saturated carbocycles. The standard InChI is InChI=1S/C13H18N4O3S/c1-3-17-9-11(8-15-17)16-21(18,19)13-7-10(14)5-6-12(13)20-4-2/h5-9,16H,3-4,14H2,1-2H3. The van der Waals surface area contributed by atoms with E-state index in [0.717, 1.165) is 0 Å². The number of hydrogen-bond acceptors (Lipinski definition) is 5. The maximum Gasteiger partial charge on any atom is 0.265 e. The number of nitrogens with zero attached hydrogens (tertiary/aromatic N) is 2. The molecule has 114 valence electrons. The quantitative estimate of drug-likeness (QED) is 0.791. The molecule has 0 aliphatic rings. The van der Waals surface area contributed by atoms with Crippen molar-refractivity contribution >= 4 is 21.4 Å². The molecule has 0 bridgehead atoms. The molecule has 0 saturated heterocycles. The molecule has 0 aliphatic heterocycles. The molecular weight excluding hydrogens is 292 g/mol. The number of anilines is 2. The number of aromatic nitrogens is 2. The SMILES string of the molecule is CCOc1ccc(N)cc1S(=O)(=O)Nc1cnn(CC)c1. The van der Waals surface area contributed by atoms with Crippen LogP contribution < -0.4 is 15.2 Å². The Bertz CT molecular complexity index is 725. The van der Waals surface area contributed by atoms with Gasteiger partial charge in [-0.15, -0.1) is 0 Å². The van der Waals surface area contributed by atoms with Gasteiger partial charge in [0.15, 0.2) is 0 Å². The van der Waals surface area contributed by atoms with Gasteiger partial charge in [0.1, 0.15) is 10.6 Å². The summed E-state index contributed by atoms with van der Waals surface area (Å²) in [4.78, 5) is 0.00796. The Labute approximate surface area is 123 Å². The van der Waals surface area contributed by atoms with Crippen molar-refractivity contribution in [3.8, 4) is 5.75 Å². The third-order valence-electron chi connectivity index (χ3n) is 2.77. The topological polar surface area (TPSA) is 99.2 Å². The predicted molar refractivity (Wildman–Crippen MR) is 80.7 cm³/mol. The number of nitrogens with two attached hydrogens (primary N) is 1. The van der Waals surface area contributed by atoms with Crippen molar-refractivity contribution in [2.45, 2.75) is 25.3 Å². The Hall–Kier alpha value is -2.22. The molecule has 1 heterocycles. The zero-order chi connectivity index (χ0) is 15.5. The number of nitrogen functional groups attached to an aromatic ring is 1. The smallest absolute Gasteiger partial charge is 0.265 e. The summed E-state index contributed by atoms with van der Waals surface area (Å²) in [6.07, 6.45) is 3.07. The highest BCUT2D eigenvalue weighted by Crippen LogP contribution is 2.28. The van der Waals surface area contributed by atoms with Gasteiger partial charge in [0, 0.05) is 18.4 Å². The van der Waals surface area contributed by atoms with Gasteiger partial charge in [0.25, 0.3) is 10.0 Å². The van der Waals surface area contributed by atoms with Crippen LogP contribution in [0, 0.1) is 0 Å². The molecule has 0 unspecified atom stereocenters. The first kappa shape index (κ1) is 15.2. The molecule has 0 amide bonds. The summed E-state index contributed by atoms with van der Waals surface area (Å²) in [5.74, 6) is 0.266. The second-order valence-corrected chi connectivity index (χ2v) is 5.98. The van der Waals surface area contributed by atoms with E-state index in [1.54, 1.807) is 29.9 Å². The number of ether oxygens (including phenoxy) is 1. The highest BCUT2D eigenvalue weighted by atomic mass is 32.2. The van der Waals surface area contributed by atoms with Crippen LogP contribution in [-0.2, 0) is 16.6 Å². The van der Waals surface area contributed by atoms with E-state index in [4.69, 9.17) is 10.5 Å². The van der Waals surface area contributed by atoms with Gasteiger partial charge in [-0.2, -0.15) is 5.10 Å². The summed E-state index contributed by atoms with van der Waals surface area (Å²) in [7, 11) is -3.79. The summed E-state index contributed by atoms with van der Waals surface area (Å²) in [5, 5.41) is 4.02. The molecule has 3 N–H and O–H groups in total. The monoisotopic (exact) mass is 310 g/mol. The summed E-state index contributed by atoms with van der Waals surface area (Å²) in [5.41, 5.74) is 6.42. The van der Waals surface area contributed by atoms with Crippen molar-refractivity contribution < 1.29 is 13.2 Å². The number of benzene rings is 1. The minimum Gasteiger partial charge on any atom is -0.492 e. The van der Waals surface area contributed by atoms with Gasteiger partial charge in [-0.1, -0.05) is 0 Å². The molecule has 0 radical (unpaired) electrons. The van der Waals surface area contributed by atoms with Crippen molar-refractivity contribution in [2.75, 3.05) is 17.1 Å². The van der Waals surface area contributed by atoms with Crippen molar-refractivity contribution in [2.24, 2.45) is 0 Å². The number of nitrogens with one attached hydrogen (secondary N) is 1. The first-order valence-corrected chi connectivity index (χ1v) is 8.02. The summed E-state index contributed by atoms with van der Waals surface area (Å²) in [6, 6.07) is 4.51. The van der Waals surface area contributed by atoms with Crippen molar-refractivity contribution in [3.63, 3.8) is 0 Å².